The molecular weight excluding hydrogens is 240 g/mol. The number of benzene rings is 1. The number of fused-ring (bicyclic) bond motifs is 1. The predicted molar refractivity (Wildman–Crippen MR) is 73.5 cm³/mol. The Morgan fingerprint density at radius 3 is 2.53 bits per heavy atom. The number of aryl methyl sites for hydroxylation is 1. The van der Waals surface area contributed by atoms with Crippen molar-refractivity contribution >= 4 is 0 Å². The second kappa shape index (κ2) is 4.02. The minimum Gasteiger partial charge on any atom is -0.454 e. The second-order valence-electron chi connectivity index (χ2n) is 5.86. The van der Waals surface area contributed by atoms with Gasteiger partial charge in [0.2, 0.25) is 6.79 Å². The summed E-state index contributed by atoms with van der Waals surface area (Å²) in [5.74, 6) is 1.61. The molecule has 19 heavy (non-hydrogen) atoms. The van der Waals surface area contributed by atoms with Crippen LogP contribution in [0, 0.1) is 0 Å². The van der Waals surface area contributed by atoms with Crippen LogP contribution in [0.3, 0.4) is 0 Å². The molecule has 0 amide bonds. The monoisotopic (exact) mass is 258 g/mol. The van der Waals surface area contributed by atoms with Crippen LogP contribution in [0.1, 0.15) is 26.5 Å². The molecule has 0 radical (unpaired) electrons. The van der Waals surface area contributed by atoms with Crippen molar-refractivity contribution in [2.75, 3.05) is 6.79 Å². The molecule has 0 fully saturated rings. The summed E-state index contributed by atoms with van der Waals surface area (Å²) in [4.78, 5) is 0. The summed E-state index contributed by atoms with van der Waals surface area (Å²) in [6.07, 6.45) is 0. The number of rotatable bonds is 1. The maximum absolute atomic E-state index is 5.42. The van der Waals surface area contributed by atoms with Crippen molar-refractivity contribution in [2.45, 2.75) is 26.2 Å². The van der Waals surface area contributed by atoms with Gasteiger partial charge in [-0.1, -0.05) is 20.8 Å². The minimum atomic E-state index is 0.0480. The Hall–Kier alpha value is -1.97. The number of aromatic nitrogens is 2. The smallest absolute Gasteiger partial charge is 0.231 e. The third-order valence-electron chi connectivity index (χ3n) is 3.32. The van der Waals surface area contributed by atoms with Gasteiger partial charge in [0.25, 0.3) is 0 Å². The molecule has 3 rings (SSSR count). The number of hydrogen-bond acceptors (Lipinski definition) is 3. The fourth-order valence-corrected chi connectivity index (χ4v) is 2.16. The van der Waals surface area contributed by atoms with Gasteiger partial charge in [0.05, 0.1) is 11.4 Å². The lowest BCUT2D eigenvalue weighted by Gasteiger charge is -2.13. The molecule has 4 heteroatoms. The van der Waals surface area contributed by atoms with Crippen molar-refractivity contribution in [2.24, 2.45) is 7.05 Å². The highest BCUT2D eigenvalue weighted by Crippen LogP contribution is 2.36. The van der Waals surface area contributed by atoms with Gasteiger partial charge in [0.15, 0.2) is 11.5 Å². The summed E-state index contributed by atoms with van der Waals surface area (Å²) in [5, 5.41) is 4.60. The standard InChI is InChI=1S/C15H18N2O2/c1-15(2,3)14-8-11(17(4)16-14)10-5-6-12-13(7-10)19-9-18-12/h5-8H,9H2,1-4H3. The first-order chi connectivity index (χ1) is 8.95. The van der Waals surface area contributed by atoms with Crippen molar-refractivity contribution in [3.8, 4) is 22.8 Å². The summed E-state index contributed by atoms with van der Waals surface area (Å²) in [6, 6.07) is 8.13. The Balaban J connectivity index is 2.05. The van der Waals surface area contributed by atoms with Crippen LogP contribution in [-0.2, 0) is 12.5 Å². The fraction of sp³-hybridized carbons (Fsp3) is 0.400. The Bertz CT molecular complexity index is 624. The van der Waals surface area contributed by atoms with E-state index in [9.17, 15) is 0 Å². The molecule has 0 unspecified atom stereocenters. The third kappa shape index (κ3) is 2.07. The highest BCUT2D eigenvalue weighted by atomic mass is 16.7. The lowest BCUT2D eigenvalue weighted by atomic mass is 9.92. The summed E-state index contributed by atoms with van der Waals surface area (Å²) in [7, 11) is 1.97. The van der Waals surface area contributed by atoms with E-state index in [1.165, 1.54) is 0 Å². The molecule has 1 aliphatic rings. The zero-order valence-corrected chi connectivity index (χ0v) is 11.7. The van der Waals surface area contributed by atoms with Crippen molar-refractivity contribution in [3.05, 3.63) is 30.0 Å². The van der Waals surface area contributed by atoms with E-state index < -0.39 is 0 Å². The summed E-state index contributed by atoms with van der Waals surface area (Å²) >= 11 is 0. The molecule has 2 aromatic rings. The molecular formula is C15H18N2O2. The van der Waals surface area contributed by atoms with Crippen LogP contribution in [-0.4, -0.2) is 16.6 Å². The molecule has 1 aromatic carbocycles. The van der Waals surface area contributed by atoms with Gasteiger partial charge in [-0.05, 0) is 24.3 Å². The first-order valence-electron chi connectivity index (χ1n) is 6.40. The van der Waals surface area contributed by atoms with Crippen molar-refractivity contribution < 1.29 is 9.47 Å². The van der Waals surface area contributed by atoms with E-state index in [0.717, 1.165) is 28.5 Å². The predicted octanol–water partition coefficient (Wildman–Crippen LogP) is 3.11. The van der Waals surface area contributed by atoms with E-state index >= 15 is 0 Å². The topological polar surface area (TPSA) is 36.3 Å². The number of hydrogen-bond donors (Lipinski definition) is 0. The fourth-order valence-electron chi connectivity index (χ4n) is 2.16. The summed E-state index contributed by atoms with van der Waals surface area (Å²) < 4.78 is 12.7. The van der Waals surface area contributed by atoms with Gasteiger partial charge in [-0.3, -0.25) is 4.68 Å². The van der Waals surface area contributed by atoms with Crippen LogP contribution < -0.4 is 9.47 Å². The molecule has 0 N–H and O–H groups in total. The first-order valence-corrected chi connectivity index (χ1v) is 6.40. The average molecular weight is 258 g/mol. The maximum Gasteiger partial charge on any atom is 0.231 e. The van der Waals surface area contributed by atoms with E-state index in [1.807, 2.05) is 29.9 Å². The van der Waals surface area contributed by atoms with E-state index in [1.54, 1.807) is 0 Å². The summed E-state index contributed by atoms with van der Waals surface area (Å²) in [5.41, 5.74) is 3.31. The van der Waals surface area contributed by atoms with Gasteiger partial charge in [0, 0.05) is 18.0 Å². The Morgan fingerprint density at radius 2 is 1.84 bits per heavy atom. The van der Waals surface area contributed by atoms with E-state index in [-0.39, 0.29) is 5.41 Å². The van der Waals surface area contributed by atoms with Crippen molar-refractivity contribution in [3.63, 3.8) is 0 Å². The lowest BCUT2D eigenvalue weighted by Crippen LogP contribution is -2.12. The molecule has 2 heterocycles. The molecule has 0 saturated heterocycles. The third-order valence-corrected chi connectivity index (χ3v) is 3.32. The molecule has 4 nitrogen and oxygen atoms in total. The van der Waals surface area contributed by atoms with Crippen LogP contribution >= 0.6 is 0 Å². The van der Waals surface area contributed by atoms with Gasteiger partial charge in [0.1, 0.15) is 0 Å². The van der Waals surface area contributed by atoms with Gasteiger partial charge >= 0.3 is 0 Å². The Morgan fingerprint density at radius 1 is 1.11 bits per heavy atom. The molecule has 100 valence electrons. The van der Waals surface area contributed by atoms with Gasteiger partial charge in [-0.25, -0.2) is 0 Å². The van der Waals surface area contributed by atoms with E-state index in [4.69, 9.17) is 9.47 Å². The van der Waals surface area contributed by atoms with Gasteiger partial charge < -0.3 is 9.47 Å². The van der Waals surface area contributed by atoms with Crippen molar-refractivity contribution in [1.29, 1.82) is 0 Å². The maximum atomic E-state index is 5.42. The number of ether oxygens (including phenoxy) is 2. The van der Waals surface area contributed by atoms with E-state index in [0.29, 0.717) is 6.79 Å². The van der Waals surface area contributed by atoms with Crippen LogP contribution in [0.25, 0.3) is 11.3 Å². The molecule has 0 atom stereocenters. The Labute approximate surface area is 113 Å². The quantitative estimate of drug-likeness (QED) is 0.788. The van der Waals surface area contributed by atoms with Crippen LogP contribution in [0.15, 0.2) is 24.3 Å². The largest absolute Gasteiger partial charge is 0.454 e. The second-order valence-corrected chi connectivity index (χ2v) is 5.86. The lowest BCUT2D eigenvalue weighted by molar-refractivity contribution is 0.174. The molecule has 0 aliphatic carbocycles. The van der Waals surface area contributed by atoms with Crippen molar-refractivity contribution in [1.82, 2.24) is 9.78 Å². The molecule has 0 bridgehead atoms. The minimum absolute atomic E-state index is 0.0480. The van der Waals surface area contributed by atoms with Crippen LogP contribution in [0.2, 0.25) is 0 Å². The normalized spacial score (nSPS) is 13.9. The molecule has 0 spiro atoms. The van der Waals surface area contributed by atoms with Gasteiger partial charge in [-0.15, -0.1) is 0 Å². The van der Waals surface area contributed by atoms with Gasteiger partial charge in [-0.2, -0.15) is 5.10 Å². The number of nitrogens with zero attached hydrogens (tertiary/aromatic N) is 2. The highest BCUT2D eigenvalue weighted by molar-refractivity contribution is 5.65. The molecule has 1 aliphatic heterocycles. The average Bonchev–Trinajstić information content (AvgIpc) is 2.92. The summed E-state index contributed by atoms with van der Waals surface area (Å²) in [6.45, 7) is 6.80. The first kappa shape index (κ1) is 12.1. The van der Waals surface area contributed by atoms with Crippen LogP contribution in [0.4, 0.5) is 0 Å². The zero-order valence-electron chi connectivity index (χ0n) is 11.7. The molecule has 0 saturated carbocycles. The molecule has 1 aromatic heterocycles. The van der Waals surface area contributed by atoms with E-state index in [2.05, 4.69) is 31.9 Å². The SMILES string of the molecule is Cn1nc(C(C)(C)C)cc1-c1ccc2c(c1)OCO2. The highest BCUT2D eigenvalue weighted by Gasteiger charge is 2.21. The van der Waals surface area contributed by atoms with Crippen LogP contribution in [0.5, 0.6) is 11.5 Å². The zero-order chi connectivity index (χ0) is 13.6. The Kier molecular flexibility index (Phi) is 2.55.